The van der Waals surface area contributed by atoms with Crippen LogP contribution in [0.5, 0.6) is 0 Å². The number of nitrogens with one attached hydrogen (secondary N) is 1. The number of fused-ring (bicyclic) bond motifs is 3. The molecule has 0 spiro atoms. The highest BCUT2D eigenvalue weighted by Crippen LogP contribution is 2.35. The molecule has 3 heterocycles. The van der Waals surface area contributed by atoms with Crippen molar-refractivity contribution in [3.8, 4) is 0 Å². The summed E-state index contributed by atoms with van der Waals surface area (Å²) < 4.78 is 40.5. The molecular formula is C18H19ClF3N5. The van der Waals surface area contributed by atoms with E-state index in [4.69, 9.17) is 11.6 Å². The van der Waals surface area contributed by atoms with Gasteiger partial charge in [0.25, 0.3) is 0 Å². The van der Waals surface area contributed by atoms with Gasteiger partial charge in [-0.2, -0.15) is 13.2 Å². The van der Waals surface area contributed by atoms with Gasteiger partial charge >= 0.3 is 6.18 Å². The lowest BCUT2D eigenvalue weighted by molar-refractivity contribution is -0.139. The minimum absolute atomic E-state index is 0.0175. The zero-order valence-electron chi connectivity index (χ0n) is 14.7. The van der Waals surface area contributed by atoms with Crippen LogP contribution in [0.2, 0.25) is 5.15 Å². The zero-order valence-corrected chi connectivity index (χ0v) is 15.5. The first kappa shape index (κ1) is 18.3. The second kappa shape index (κ2) is 6.83. The normalized spacial score (nSPS) is 19.1. The molecule has 0 saturated carbocycles. The Balaban J connectivity index is 1.79. The fourth-order valence-corrected chi connectivity index (χ4v) is 4.06. The van der Waals surface area contributed by atoms with Crippen molar-refractivity contribution in [1.82, 2.24) is 19.4 Å². The largest absolute Gasteiger partial charge is 0.406 e. The molecule has 2 aromatic heterocycles. The Morgan fingerprint density at radius 2 is 2.11 bits per heavy atom. The number of aromatic nitrogens is 3. The van der Waals surface area contributed by atoms with E-state index in [-0.39, 0.29) is 10.7 Å². The average molecular weight is 398 g/mol. The molecule has 0 aliphatic carbocycles. The number of alkyl halides is 3. The molecule has 1 atom stereocenters. The van der Waals surface area contributed by atoms with Crippen molar-refractivity contribution >= 4 is 39.2 Å². The number of nitrogens with zero attached hydrogens (tertiary/aromatic N) is 4. The van der Waals surface area contributed by atoms with Gasteiger partial charge in [-0.15, -0.1) is 0 Å². The summed E-state index contributed by atoms with van der Waals surface area (Å²) in [7, 11) is 2.08. The van der Waals surface area contributed by atoms with E-state index < -0.39 is 12.7 Å². The third kappa shape index (κ3) is 3.68. The fraction of sp³-hybridized carbons (Fsp3) is 0.444. The van der Waals surface area contributed by atoms with Gasteiger partial charge in [0.1, 0.15) is 23.9 Å². The molecule has 1 unspecified atom stereocenters. The molecule has 27 heavy (non-hydrogen) atoms. The Labute approximate surface area is 159 Å². The maximum atomic E-state index is 13.1. The van der Waals surface area contributed by atoms with E-state index in [0.29, 0.717) is 22.5 Å². The monoisotopic (exact) mass is 397 g/mol. The molecule has 9 heteroatoms. The second-order valence-electron chi connectivity index (χ2n) is 7.04. The molecule has 5 nitrogen and oxygen atoms in total. The molecule has 144 valence electrons. The van der Waals surface area contributed by atoms with Crippen LogP contribution in [0, 0.1) is 0 Å². The summed E-state index contributed by atoms with van der Waals surface area (Å²) in [6.07, 6.45) is -0.920. The minimum atomic E-state index is -4.37. The van der Waals surface area contributed by atoms with E-state index in [1.165, 1.54) is 6.33 Å². The summed E-state index contributed by atoms with van der Waals surface area (Å²) in [4.78, 5) is 10.3. The summed E-state index contributed by atoms with van der Waals surface area (Å²) in [6.45, 7) is 0.875. The predicted octanol–water partition coefficient (Wildman–Crippen LogP) is 4.31. The van der Waals surface area contributed by atoms with E-state index in [9.17, 15) is 13.2 Å². The van der Waals surface area contributed by atoms with Gasteiger partial charge in [0.2, 0.25) is 0 Å². The van der Waals surface area contributed by atoms with Crippen molar-refractivity contribution in [3.63, 3.8) is 0 Å². The van der Waals surface area contributed by atoms with Gasteiger partial charge in [0.05, 0.1) is 5.52 Å². The Kier molecular flexibility index (Phi) is 4.63. The van der Waals surface area contributed by atoms with Crippen LogP contribution in [0.4, 0.5) is 18.9 Å². The van der Waals surface area contributed by atoms with Gasteiger partial charge in [-0.1, -0.05) is 11.6 Å². The molecule has 3 aromatic rings. The fourth-order valence-electron chi connectivity index (χ4n) is 3.83. The minimum Gasteiger partial charge on any atom is -0.381 e. The average Bonchev–Trinajstić information content (AvgIpc) is 2.88. The second-order valence-corrected chi connectivity index (χ2v) is 7.40. The topological polar surface area (TPSA) is 46.0 Å². The standard InChI is InChI=1S/C18H19ClF3N5/c1-26-6-2-3-12(8-26)25-11-4-5-14-13(7-11)15-16(17(19)24-10-23-15)27(14)9-18(20,21)22/h4-5,7,10,12,25H,2-3,6,8-9H2,1H3. The number of anilines is 1. The van der Waals surface area contributed by atoms with E-state index in [1.807, 2.05) is 12.1 Å². The third-order valence-electron chi connectivity index (χ3n) is 4.92. The molecule has 0 radical (unpaired) electrons. The van der Waals surface area contributed by atoms with Gasteiger partial charge in [0.15, 0.2) is 5.15 Å². The number of benzene rings is 1. The van der Waals surface area contributed by atoms with Crippen LogP contribution in [0.3, 0.4) is 0 Å². The number of hydrogen-bond acceptors (Lipinski definition) is 4. The highest BCUT2D eigenvalue weighted by Gasteiger charge is 2.31. The Bertz CT molecular complexity index is 984. The van der Waals surface area contributed by atoms with Gasteiger partial charge in [-0.3, -0.25) is 0 Å². The molecule has 0 amide bonds. The van der Waals surface area contributed by atoms with Gasteiger partial charge in [0, 0.05) is 23.7 Å². The Morgan fingerprint density at radius 3 is 2.85 bits per heavy atom. The van der Waals surface area contributed by atoms with E-state index in [1.54, 1.807) is 6.07 Å². The number of hydrogen-bond donors (Lipinski definition) is 1. The molecule has 0 bridgehead atoms. The third-order valence-corrected chi connectivity index (χ3v) is 5.20. The molecule has 1 aliphatic rings. The van der Waals surface area contributed by atoms with E-state index >= 15 is 0 Å². The van der Waals surface area contributed by atoms with Crippen LogP contribution in [-0.2, 0) is 6.54 Å². The highest BCUT2D eigenvalue weighted by atomic mass is 35.5. The lowest BCUT2D eigenvalue weighted by Crippen LogP contribution is -2.39. The van der Waals surface area contributed by atoms with E-state index in [0.717, 1.165) is 36.2 Å². The van der Waals surface area contributed by atoms with Crippen LogP contribution < -0.4 is 5.32 Å². The van der Waals surface area contributed by atoms with Crippen LogP contribution in [0.25, 0.3) is 21.9 Å². The zero-order chi connectivity index (χ0) is 19.2. The van der Waals surface area contributed by atoms with Crippen molar-refractivity contribution < 1.29 is 13.2 Å². The molecule has 1 aliphatic heterocycles. The van der Waals surface area contributed by atoms with Crippen LogP contribution in [-0.4, -0.2) is 51.8 Å². The lowest BCUT2D eigenvalue weighted by Gasteiger charge is -2.30. The quantitative estimate of drug-likeness (QED) is 0.669. The molecule has 1 fully saturated rings. The number of rotatable bonds is 3. The maximum absolute atomic E-state index is 13.1. The number of likely N-dealkylation sites (N-methyl/N-ethyl adjacent to an activating group) is 1. The molecular weight excluding hydrogens is 379 g/mol. The molecule has 4 rings (SSSR count). The van der Waals surface area contributed by atoms with Gasteiger partial charge in [-0.25, -0.2) is 9.97 Å². The number of piperidine rings is 1. The maximum Gasteiger partial charge on any atom is 0.406 e. The van der Waals surface area contributed by atoms with Gasteiger partial charge < -0.3 is 14.8 Å². The Hall–Kier alpha value is -2.06. The van der Waals surface area contributed by atoms with Crippen LogP contribution >= 0.6 is 11.6 Å². The van der Waals surface area contributed by atoms with E-state index in [2.05, 4.69) is 27.2 Å². The summed E-state index contributed by atoms with van der Waals surface area (Å²) in [5.74, 6) is 0. The lowest BCUT2D eigenvalue weighted by atomic mass is 10.1. The van der Waals surface area contributed by atoms with Crippen molar-refractivity contribution in [2.75, 3.05) is 25.5 Å². The smallest absolute Gasteiger partial charge is 0.381 e. The summed E-state index contributed by atoms with van der Waals surface area (Å²) >= 11 is 6.11. The number of halogens is 4. The highest BCUT2D eigenvalue weighted by molar-refractivity contribution is 6.34. The summed E-state index contributed by atoms with van der Waals surface area (Å²) in [5, 5.41) is 4.14. The molecule has 1 aromatic carbocycles. The van der Waals surface area contributed by atoms with Crippen molar-refractivity contribution in [2.45, 2.75) is 31.6 Å². The summed E-state index contributed by atoms with van der Waals surface area (Å²) in [5.41, 5.74) is 1.94. The molecule has 1 N–H and O–H groups in total. The SMILES string of the molecule is CN1CCCC(Nc2ccc3c(c2)c2ncnc(Cl)c2n3CC(F)(F)F)C1. The van der Waals surface area contributed by atoms with Crippen molar-refractivity contribution in [3.05, 3.63) is 29.7 Å². The van der Waals surface area contributed by atoms with Crippen LogP contribution in [0.1, 0.15) is 12.8 Å². The molecule has 1 saturated heterocycles. The van der Waals surface area contributed by atoms with Crippen molar-refractivity contribution in [2.24, 2.45) is 0 Å². The first-order chi connectivity index (χ1) is 12.8. The van der Waals surface area contributed by atoms with Crippen molar-refractivity contribution in [1.29, 1.82) is 0 Å². The summed E-state index contributed by atoms with van der Waals surface area (Å²) in [6, 6.07) is 5.66. The Morgan fingerprint density at radius 1 is 1.30 bits per heavy atom. The first-order valence-corrected chi connectivity index (χ1v) is 9.14. The van der Waals surface area contributed by atoms with Crippen LogP contribution in [0.15, 0.2) is 24.5 Å². The first-order valence-electron chi connectivity index (χ1n) is 8.76. The predicted molar refractivity (Wildman–Crippen MR) is 100 cm³/mol. The van der Waals surface area contributed by atoms with Gasteiger partial charge in [-0.05, 0) is 44.6 Å². The number of likely N-dealkylation sites (tertiary alicyclic amines) is 1.